The lowest BCUT2D eigenvalue weighted by molar-refractivity contribution is -0.127. The van der Waals surface area contributed by atoms with Crippen LogP contribution in [0, 0.1) is 3.57 Å². The summed E-state index contributed by atoms with van der Waals surface area (Å²) in [5.41, 5.74) is 2.28. The highest BCUT2D eigenvalue weighted by Crippen LogP contribution is 2.32. The van der Waals surface area contributed by atoms with E-state index in [1.807, 2.05) is 42.5 Å². The third-order valence-electron chi connectivity index (χ3n) is 4.78. The predicted octanol–water partition coefficient (Wildman–Crippen LogP) is 6.20. The van der Waals surface area contributed by atoms with Gasteiger partial charge >= 0.3 is 0 Å². The number of carbonyl (C=O) groups excluding carboxylic acids is 3. The van der Waals surface area contributed by atoms with Gasteiger partial charge in [-0.05, 0) is 100 Å². The van der Waals surface area contributed by atoms with E-state index < -0.39 is 17.1 Å². The molecule has 1 fully saturated rings. The minimum Gasteiger partial charge on any atom is -0.489 e. The largest absolute Gasteiger partial charge is 0.489 e. The van der Waals surface area contributed by atoms with Crippen molar-refractivity contribution in [2.45, 2.75) is 6.61 Å². The second kappa shape index (κ2) is 11.1. The van der Waals surface area contributed by atoms with Crippen molar-refractivity contribution in [1.82, 2.24) is 4.90 Å². The van der Waals surface area contributed by atoms with Crippen LogP contribution < -0.4 is 10.1 Å². The standard InChI is InChI=1S/C25H18ClIN2O4S/c26-18-6-4-16(5-7-18)15-33-21-3-1-2-17(12-21)13-22-24(31)29(25(32)34-22)14-23(30)28-20-10-8-19(27)9-11-20/h1-13H,14-15H2,(H,28,30)/b22-13+. The van der Waals surface area contributed by atoms with Crippen LogP contribution in [-0.2, 0) is 16.2 Å². The lowest BCUT2D eigenvalue weighted by Crippen LogP contribution is -2.36. The van der Waals surface area contributed by atoms with E-state index in [0.717, 1.165) is 25.8 Å². The van der Waals surface area contributed by atoms with Crippen molar-refractivity contribution in [3.05, 3.63) is 97.4 Å². The molecule has 3 aromatic rings. The molecular weight excluding hydrogens is 587 g/mol. The molecule has 0 aliphatic carbocycles. The van der Waals surface area contributed by atoms with E-state index >= 15 is 0 Å². The van der Waals surface area contributed by atoms with Crippen LogP contribution in [0.5, 0.6) is 5.75 Å². The molecule has 4 rings (SSSR count). The summed E-state index contributed by atoms with van der Waals surface area (Å²) in [5, 5.41) is 2.88. The quantitative estimate of drug-likeness (QED) is 0.257. The molecule has 34 heavy (non-hydrogen) atoms. The fourth-order valence-electron chi connectivity index (χ4n) is 3.11. The lowest BCUT2D eigenvalue weighted by Gasteiger charge is -2.12. The number of benzene rings is 3. The maximum Gasteiger partial charge on any atom is 0.294 e. The zero-order valence-corrected chi connectivity index (χ0v) is 21.4. The normalized spacial score (nSPS) is 14.5. The first-order chi connectivity index (χ1) is 16.4. The molecule has 3 aromatic carbocycles. The Morgan fingerprint density at radius 3 is 2.53 bits per heavy atom. The summed E-state index contributed by atoms with van der Waals surface area (Å²) in [6, 6.07) is 21.8. The number of hydrogen-bond donors (Lipinski definition) is 1. The smallest absolute Gasteiger partial charge is 0.294 e. The number of thioether (sulfide) groups is 1. The molecule has 1 heterocycles. The topological polar surface area (TPSA) is 75.7 Å². The Morgan fingerprint density at radius 1 is 1.06 bits per heavy atom. The summed E-state index contributed by atoms with van der Waals surface area (Å²) >= 11 is 8.88. The maximum absolute atomic E-state index is 12.8. The summed E-state index contributed by atoms with van der Waals surface area (Å²) in [7, 11) is 0. The van der Waals surface area contributed by atoms with Crippen LogP contribution in [0.2, 0.25) is 5.02 Å². The number of halogens is 2. The Hall–Kier alpha value is -2.82. The Balaban J connectivity index is 1.39. The van der Waals surface area contributed by atoms with E-state index in [1.165, 1.54) is 0 Å². The number of hydrogen-bond acceptors (Lipinski definition) is 5. The van der Waals surface area contributed by atoms with Gasteiger partial charge in [-0.3, -0.25) is 19.3 Å². The van der Waals surface area contributed by atoms with Gasteiger partial charge in [-0.1, -0.05) is 35.9 Å². The van der Waals surface area contributed by atoms with Crippen molar-refractivity contribution < 1.29 is 19.1 Å². The van der Waals surface area contributed by atoms with E-state index in [-0.39, 0.29) is 11.4 Å². The first-order valence-corrected chi connectivity index (χ1v) is 12.4. The minimum absolute atomic E-state index is 0.252. The molecule has 172 valence electrons. The molecule has 0 bridgehead atoms. The van der Waals surface area contributed by atoms with Gasteiger partial charge < -0.3 is 10.1 Å². The molecular formula is C25H18ClIN2O4S. The second-order valence-corrected chi connectivity index (χ2v) is 9.99. The van der Waals surface area contributed by atoms with Gasteiger partial charge in [0, 0.05) is 14.3 Å². The number of anilines is 1. The number of nitrogens with zero attached hydrogens (tertiary/aromatic N) is 1. The van der Waals surface area contributed by atoms with E-state index in [9.17, 15) is 14.4 Å². The molecule has 6 nitrogen and oxygen atoms in total. The van der Waals surface area contributed by atoms with E-state index in [4.69, 9.17) is 16.3 Å². The highest BCUT2D eigenvalue weighted by molar-refractivity contribution is 14.1. The Morgan fingerprint density at radius 2 is 1.79 bits per heavy atom. The fourth-order valence-corrected chi connectivity index (χ4v) is 4.43. The molecule has 0 saturated carbocycles. The SMILES string of the molecule is O=C(CN1C(=O)S/C(=C/c2cccc(OCc3ccc(Cl)cc3)c2)C1=O)Nc1ccc(I)cc1. The van der Waals surface area contributed by atoms with Crippen LogP contribution in [0.1, 0.15) is 11.1 Å². The van der Waals surface area contributed by atoms with Gasteiger partial charge in [-0.15, -0.1) is 0 Å². The van der Waals surface area contributed by atoms with E-state index in [1.54, 1.807) is 36.4 Å². The molecule has 0 spiro atoms. The molecule has 0 unspecified atom stereocenters. The Kier molecular flexibility index (Phi) is 7.91. The van der Waals surface area contributed by atoms with Crippen molar-refractivity contribution >= 4 is 74.8 Å². The Labute approximate surface area is 219 Å². The van der Waals surface area contributed by atoms with Gasteiger partial charge in [0.05, 0.1) is 4.91 Å². The van der Waals surface area contributed by atoms with Gasteiger partial charge in [0.15, 0.2) is 0 Å². The van der Waals surface area contributed by atoms with Gasteiger partial charge in [0.2, 0.25) is 5.91 Å². The van der Waals surface area contributed by atoms with Crippen molar-refractivity contribution in [3.63, 3.8) is 0 Å². The Bertz CT molecular complexity index is 1260. The third-order valence-corrected chi connectivity index (χ3v) is 6.66. The molecule has 9 heteroatoms. The molecule has 0 radical (unpaired) electrons. The minimum atomic E-state index is -0.500. The van der Waals surface area contributed by atoms with Gasteiger partial charge in [-0.25, -0.2) is 0 Å². The number of carbonyl (C=O) groups is 3. The monoisotopic (exact) mass is 604 g/mol. The highest BCUT2D eigenvalue weighted by Gasteiger charge is 2.36. The van der Waals surface area contributed by atoms with Gasteiger partial charge in [-0.2, -0.15) is 0 Å². The van der Waals surface area contributed by atoms with Gasteiger partial charge in [0.1, 0.15) is 18.9 Å². The number of nitrogens with one attached hydrogen (secondary N) is 1. The van der Waals surface area contributed by atoms with Crippen LogP contribution in [0.4, 0.5) is 10.5 Å². The predicted molar refractivity (Wildman–Crippen MR) is 143 cm³/mol. The summed E-state index contributed by atoms with van der Waals surface area (Å²) < 4.78 is 6.86. The molecule has 1 aliphatic heterocycles. The van der Waals surface area contributed by atoms with Gasteiger partial charge in [0.25, 0.3) is 11.1 Å². The van der Waals surface area contributed by atoms with Crippen LogP contribution in [0.25, 0.3) is 6.08 Å². The van der Waals surface area contributed by atoms with Crippen molar-refractivity contribution in [3.8, 4) is 5.75 Å². The number of amides is 3. The molecule has 1 N–H and O–H groups in total. The maximum atomic E-state index is 12.8. The first kappa shape index (κ1) is 24.3. The average molecular weight is 605 g/mol. The van der Waals surface area contributed by atoms with Crippen LogP contribution in [0.3, 0.4) is 0 Å². The van der Waals surface area contributed by atoms with Crippen molar-refractivity contribution in [2.75, 3.05) is 11.9 Å². The summed E-state index contributed by atoms with van der Waals surface area (Å²) in [6.45, 7) is 0.0189. The summed E-state index contributed by atoms with van der Waals surface area (Å²) in [5.74, 6) is -0.317. The average Bonchev–Trinajstić information content (AvgIpc) is 3.08. The molecule has 3 amide bonds. The molecule has 0 aromatic heterocycles. The summed E-state index contributed by atoms with van der Waals surface area (Å²) in [4.78, 5) is 38.7. The molecule has 1 aliphatic rings. The summed E-state index contributed by atoms with van der Waals surface area (Å²) in [6.07, 6.45) is 1.62. The van der Waals surface area contributed by atoms with Crippen molar-refractivity contribution in [1.29, 1.82) is 0 Å². The highest BCUT2D eigenvalue weighted by atomic mass is 127. The zero-order chi connectivity index (χ0) is 24.1. The van der Waals surface area contributed by atoms with Crippen LogP contribution >= 0.6 is 46.0 Å². The van der Waals surface area contributed by atoms with Crippen LogP contribution in [-0.4, -0.2) is 28.5 Å². The lowest BCUT2D eigenvalue weighted by atomic mass is 10.2. The first-order valence-electron chi connectivity index (χ1n) is 10.2. The van der Waals surface area contributed by atoms with Crippen molar-refractivity contribution in [2.24, 2.45) is 0 Å². The second-order valence-electron chi connectivity index (χ2n) is 7.31. The number of rotatable bonds is 7. The fraction of sp³-hybridized carbons (Fsp3) is 0.0800. The van der Waals surface area contributed by atoms with E-state index in [2.05, 4.69) is 27.9 Å². The van der Waals surface area contributed by atoms with Crippen LogP contribution in [0.15, 0.2) is 77.7 Å². The number of ether oxygens (including phenoxy) is 1. The third kappa shape index (κ3) is 6.40. The number of imide groups is 1. The zero-order valence-electron chi connectivity index (χ0n) is 17.7. The van der Waals surface area contributed by atoms with E-state index in [0.29, 0.717) is 28.6 Å². The molecule has 0 atom stereocenters. The molecule has 1 saturated heterocycles.